The molecule has 0 aliphatic heterocycles. The number of benzene rings is 2. The van der Waals surface area contributed by atoms with Gasteiger partial charge in [0.1, 0.15) is 11.4 Å². The quantitative estimate of drug-likeness (QED) is 0.436. The standard InChI is InChI=1S/C15H12ClN5O4/c1-25-13-7-5-12(6-8-13)19-18-15(21(23)24)14(20(19)22)17-11-4-2-3-10(16)9-11/h2-9,22H,1H3. The number of nitro groups is 1. The number of hydrogen-bond donors (Lipinski definition) is 1. The molecule has 3 aromatic rings. The van der Waals surface area contributed by atoms with Gasteiger partial charge in [-0.1, -0.05) is 22.5 Å². The van der Waals surface area contributed by atoms with Gasteiger partial charge in [-0.05, 0) is 52.2 Å². The number of rotatable bonds is 4. The number of aromatic nitrogens is 3. The van der Waals surface area contributed by atoms with Crippen LogP contribution in [0.1, 0.15) is 0 Å². The van der Waals surface area contributed by atoms with E-state index in [4.69, 9.17) is 16.3 Å². The molecule has 0 aliphatic carbocycles. The molecule has 1 heterocycles. The fraction of sp³-hybridized carbons (Fsp3) is 0.0667. The lowest BCUT2D eigenvalue weighted by Crippen LogP contribution is -2.22. The summed E-state index contributed by atoms with van der Waals surface area (Å²) in [7, 11) is 1.52. The molecule has 0 fully saturated rings. The van der Waals surface area contributed by atoms with Crippen molar-refractivity contribution in [1.29, 1.82) is 0 Å². The molecule has 0 spiro atoms. The lowest BCUT2D eigenvalue weighted by molar-refractivity contribution is -0.391. The minimum Gasteiger partial charge on any atom is -0.497 e. The third kappa shape index (κ3) is 3.31. The number of methoxy groups -OCH3 is 1. The summed E-state index contributed by atoms with van der Waals surface area (Å²) in [5.41, 5.74) is 0.398. The van der Waals surface area contributed by atoms with E-state index in [1.807, 2.05) is 0 Å². The molecule has 0 bridgehead atoms. The van der Waals surface area contributed by atoms with Crippen LogP contribution in [-0.4, -0.2) is 32.0 Å². The highest BCUT2D eigenvalue weighted by Gasteiger charge is 2.24. The Kier molecular flexibility index (Phi) is 4.40. The molecule has 0 radical (unpaired) electrons. The molecule has 0 saturated carbocycles. The molecule has 0 unspecified atom stereocenters. The van der Waals surface area contributed by atoms with E-state index >= 15 is 0 Å². The predicted octanol–water partition coefficient (Wildman–Crippen LogP) is 2.71. The average molecular weight is 362 g/mol. The zero-order valence-corrected chi connectivity index (χ0v) is 13.7. The van der Waals surface area contributed by atoms with E-state index in [0.29, 0.717) is 27.0 Å². The summed E-state index contributed by atoms with van der Waals surface area (Å²) >= 11 is 5.89. The molecule has 1 aromatic heterocycles. The maximum absolute atomic E-state index is 11.3. The van der Waals surface area contributed by atoms with Crippen molar-refractivity contribution >= 4 is 23.1 Å². The highest BCUT2D eigenvalue weighted by atomic mass is 35.5. The molecule has 0 aliphatic rings. The fourth-order valence-electron chi connectivity index (χ4n) is 2.12. The molecule has 0 saturated heterocycles. The molecule has 25 heavy (non-hydrogen) atoms. The van der Waals surface area contributed by atoms with Gasteiger partial charge in [-0.25, -0.2) is 4.99 Å². The second kappa shape index (κ2) is 6.65. The van der Waals surface area contributed by atoms with E-state index in [1.54, 1.807) is 42.5 Å². The molecule has 9 nitrogen and oxygen atoms in total. The minimum absolute atomic E-state index is 0.330. The maximum Gasteiger partial charge on any atom is 0.438 e. The SMILES string of the molecule is COc1ccc(-n2nc([N+](=O)[O-])c(=Nc3cccc(Cl)c3)n2O)cc1. The van der Waals surface area contributed by atoms with Crippen LogP contribution in [0, 0.1) is 10.1 Å². The van der Waals surface area contributed by atoms with Gasteiger partial charge in [0.15, 0.2) is 0 Å². The molecule has 0 amide bonds. The molecule has 128 valence electrons. The maximum atomic E-state index is 11.3. The summed E-state index contributed by atoms with van der Waals surface area (Å²) in [5, 5.41) is 25.8. The van der Waals surface area contributed by atoms with Crippen molar-refractivity contribution in [1.82, 2.24) is 14.7 Å². The van der Waals surface area contributed by atoms with Crippen LogP contribution in [0.25, 0.3) is 5.69 Å². The highest BCUT2D eigenvalue weighted by Crippen LogP contribution is 2.18. The second-order valence-electron chi connectivity index (χ2n) is 4.87. The summed E-state index contributed by atoms with van der Waals surface area (Å²) in [4.78, 5) is 16.1. The zero-order chi connectivity index (χ0) is 18.0. The number of hydrogen-bond acceptors (Lipinski definition) is 6. The van der Waals surface area contributed by atoms with E-state index in [9.17, 15) is 15.3 Å². The van der Waals surface area contributed by atoms with Crippen molar-refractivity contribution in [2.45, 2.75) is 0 Å². The Labute approximate surface area is 146 Å². The highest BCUT2D eigenvalue weighted by molar-refractivity contribution is 6.30. The van der Waals surface area contributed by atoms with Gasteiger partial charge in [0.2, 0.25) is 0 Å². The third-order valence-electron chi connectivity index (χ3n) is 3.28. The summed E-state index contributed by atoms with van der Waals surface area (Å²) < 4.78 is 5.05. The Morgan fingerprint density at radius 1 is 1.28 bits per heavy atom. The van der Waals surface area contributed by atoms with Gasteiger partial charge in [0, 0.05) is 5.02 Å². The molecule has 10 heteroatoms. The fourth-order valence-corrected chi connectivity index (χ4v) is 2.30. The van der Waals surface area contributed by atoms with Crippen LogP contribution in [0.15, 0.2) is 53.5 Å². The van der Waals surface area contributed by atoms with Crippen LogP contribution < -0.4 is 10.2 Å². The molecule has 1 N–H and O–H groups in total. The average Bonchev–Trinajstić information content (AvgIpc) is 2.92. The molecular weight excluding hydrogens is 350 g/mol. The first-order valence-electron chi connectivity index (χ1n) is 7.00. The summed E-state index contributed by atoms with van der Waals surface area (Å²) in [6.45, 7) is 0. The van der Waals surface area contributed by atoms with E-state index in [1.165, 1.54) is 13.2 Å². The van der Waals surface area contributed by atoms with Crippen LogP contribution in [0.2, 0.25) is 5.02 Å². The third-order valence-corrected chi connectivity index (χ3v) is 3.51. The Morgan fingerprint density at radius 2 is 2.00 bits per heavy atom. The first-order valence-corrected chi connectivity index (χ1v) is 7.38. The first-order chi connectivity index (χ1) is 12.0. The monoisotopic (exact) mass is 361 g/mol. The van der Waals surface area contributed by atoms with Crippen molar-refractivity contribution in [3.05, 3.63) is 69.2 Å². The van der Waals surface area contributed by atoms with Gasteiger partial charge >= 0.3 is 5.82 Å². The zero-order valence-electron chi connectivity index (χ0n) is 12.9. The van der Waals surface area contributed by atoms with Crippen LogP contribution in [-0.2, 0) is 0 Å². The minimum atomic E-state index is -0.726. The summed E-state index contributed by atoms with van der Waals surface area (Å²) in [6, 6.07) is 12.8. The van der Waals surface area contributed by atoms with Crippen LogP contribution in [0.5, 0.6) is 5.75 Å². The second-order valence-corrected chi connectivity index (χ2v) is 5.31. The Hall–Kier alpha value is -3.33. The summed E-state index contributed by atoms with van der Waals surface area (Å²) in [6.07, 6.45) is 0. The molecule has 0 atom stereocenters. The van der Waals surface area contributed by atoms with Gasteiger partial charge < -0.3 is 20.1 Å². The summed E-state index contributed by atoms with van der Waals surface area (Å²) in [5.74, 6) is -0.00275. The number of nitrogens with zero attached hydrogens (tertiary/aromatic N) is 5. The largest absolute Gasteiger partial charge is 0.497 e. The molecule has 2 aromatic carbocycles. The molecule has 3 rings (SSSR count). The first kappa shape index (κ1) is 16.5. The van der Waals surface area contributed by atoms with Crippen molar-refractivity contribution in [2.24, 2.45) is 4.99 Å². The Balaban J connectivity index is 2.18. The Morgan fingerprint density at radius 3 is 2.60 bits per heavy atom. The number of ether oxygens (including phenoxy) is 1. The van der Waals surface area contributed by atoms with Gasteiger partial charge in [-0.15, -0.1) is 0 Å². The van der Waals surface area contributed by atoms with Gasteiger partial charge in [-0.2, -0.15) is 0 Å². The topological polar surface area (TPSA) is 108 Å². The lowest BCUT2D eigenvalue weighted by atomic mass is 10.3. The van der Waals surface area contributed by atoms with Crippen molar-refractivity contribution in [3.63, 3.8) is 0 Å². The van der Waals surface area contributed by atoms with Crippen molar-refractivity contribution < 1.29 is 14.9 Å². The normalized spacial score (nSPS) is 11.5. The van der Waals surface area contributed by atoms with E-state index in [2.05, 4.69) is 10.1 Å². The van der Waals surface area contributed by atoms with Gasteiger partial charge in [-0.3, -0.25) is 0 Å². The van der Waals surface area contributed by atoms with Crippen molar-refractivity contribution in [2.75, 3.05) is 7.11 Å². The van der Waals surface area contributed by atoms with E-state index < -0.39 is 10.7 Å². The van der Waals surface area contributed by atoms with Crippen LogP contribution >= 0.6 is 11.6 Å². The lowest BCUT2D eigenvalue weighted by Gasteiger charge is -2.02. The van der Waals surface area contributed by atoms with Crippen LogP contribution in [0.4, 0.5) is 11.5 Å². The smallest absolute Gasteiger partial charge is 0.438 e. The van der Waals surface area contributed by atoms with E-state index in [-0.39, 0.29) is 5.49 Å². The van der Waals surface area contributed by atoms with Crippen molar-refractivity contribution in [3.8, 4) is 11.4 Å². The van der Waals surface area contributed by atoms with Gasteiger partial charge in [0.25, 0.3) is 5.49 Å². The predicted molar refractivity (Wildman–Crippen MR) is 88.6 cm³/mol. The van der Waals surface area contributed by atoms with E-state index in [0.717, 1.165) is 4.80 Å². The number of halogens is 1. The van der Waals surface area contributed by atoms with Gasteiger partial charge in [0.05, 0.1) is 17.9 Å². The van der Waals surface area contributed by atoms with Crippen LogP contribution in [0.3, 0.4) is 0 Å². The Bertz CT molecular complexity index is 994. The molecular formula is C15H12ClN5O4.